The summed E-state index contributed by atoms with van der Waals surface area (Å²) in [5, 5.41) is 0. The Morgan fingerprint density at radius 3 is 0.500 bits per heavy atom. The third-order valence-electron chi connectivity index (χ3n) is 2.67. The quantitative estimate of drug-likeness (QED) is 0.397. The molecule has 0 unspecified atom stereocenters. The van der Waals surface area contributed by atoms with E-state index >= 15 is 0 Å². The van der Waals surface area contributed by atoms with E-state index in [2.05, 4.69) is 51.4 Å². The summed E-state index contributed by atoms with van der Waals surface area (Å²) in [6, 6.07) is 0. The fourth-order valence-corrected chi connectivity index (χ4v) is 1.71. The van der Waals surface area contributed by atoms with Crippen LogP contribution >= 0.6 is 0 Å². The molecule has 2 aliphatic carbocycles. The zero-order valence-electron chi connectivity index (χ0n) is 11.8. The second kappa shape index (κ2) is 25.2. The SMILES string of the molecule is [CH]1[CH]CC[CH][CH]CC1.[CH]1[CH]CC[CH][CH]CC1.[Ir].[Ir].[OH-].[OH-]. The van der Waals surface area contributed by atoms with Gasteiger partial charge in [0.25, 0.3) is 0 Å². The van der Waals surface area contributed by atoms with Crippen LogP contribution in [0.5, 0.6) is 0 Å². The van der Waals surface area contributed by atoms with Crippen LogP contribution in [0, 0.1) is 51.4 Å². The zero-order valence-corrected chi connectivity index (χ0v) is 16.6. The van der Waals surface area contributed by atoms with Gasteiger partial charge in [-0.25, -0.2) is 0 Å². The van der Waals surface area contributed by atoms with Gasteiger partial charge in [-0.2, -0.15) is 0 Å². The van der Waals surface area contributed by atoms with Gasteiger partial charge in [0.2, 0.25) is 0 Å². The van der Waals surface area contributed by atoms with Crippen molar-refractivity contribution in [2.75, 3.05) is 0 Å². The third-order valence-corrected chi connectivity index (χ3v) is 2.67. The average molecular weight is 635 g/mol. The molecular formula is C16H26Ir2O2-2. The third kappa shape index (κ3) is 21.5. The van der Waals surface area contributed by atoms with E-state index in [-0.39, 0.29) is 51.2 Å². The maximum Gasteiger partial charge on any atom is 0 e. The van der Waals surface area contributed by atoms with Crippen molar-refractivity contribution in [2.24, 2.45) is 0 Å². The van der Waals surface area contributed by atoms with Crippen molar-refractivity contribution in [2.45, 2.75) is 51.4 Å². The molecule has 2 nitrogen and oxygen atoms in total. The summed E-state index contributed by atoms with van der Waals surface area (Å²) < 4.78 is 0. The molecule has 0 amide bonds. The average Bonchev–Trinajstić information content (AvgIpc) is 2.15. The molecule has 0 spiro atoms. The second-order valence-corrected chi connectivity index (χ2v) is 4.20. The van der Waals surface area contributed by atoms with Crippen LogP contribution < -0.4 is 0 Å². The summed E-state index contributed by atoms with van der Waals surface area (Å²) in [7, 11) is 0. The summed E-state index contributed by atoms with van der Waals surface area (Å²) in [5.74, 6) is 0. The van der Waals surface area contributed by atoms with Gasteiger partial charge in [0.15, 0.2) is 0 Å². The maximum atomic E-state index is 2.27. The molecule has 2 rings (SSSR count). The summed E-state index contributed by atoms with van der Waals surface area (Å²) in [5.41, 5.74) is 0. The van der Waals surface area contributed by atoms with Crippen LogP contribution in [0.1, 0.15) is 51.4 Å². The Morgan fingerprint density at radius 1 is 0.300 bits per heavy atom. The maximum absolute atomic E-state index is 2.27. The normalized spacial score (nSPS) is 19.2. The van der Waals surface area contributed by atoms with Crippen molar-refractivity contribution in [3.8, 4) is 0 Å². The summed E-state index contributed by atoms with van der Waals surface area (Å²) in [4.78, 5) is 0. The van der Waals surface area contributed by atoms with E-state index in [4.69, 9.17) is 0 Å². The molecule has 0 atom stereocenters. The van der Waals surface area contributed by atoms with Crippen molar-refractivity contribution in [3.05, 3.63) is 51.4 Å². The van der Waals surface area contributed by atoms with E-state index < -0.39 is 0 Å². The van der Waals surface area contributed by atoms with Crippen LogP contribution in [0.2, 0.25) is 0 Å². The molecule has 4 heteroatoms. The Balaban J connectivity index is -0.000000107. The predicted octanol–water partition coefficient (Wildman–Crippen LogP) is 4.40. The molecule has 0 aliphatic heterocycles. The monoisotopic (exact) mass is 636 g/mol. The van der Waals surface area contributed by atoms with Crippen molar-refractivity contribution in [1.29, 1.82) is 0 Å². The molecule has 20 heavy (non-hydrogen) atoms. The Labute approximate surface area is 153 Å². The molecular weight excluding hydrogens is 609 g/mol. The first kappa shape index (κ1) is 29.3. The van der Waals surface area contributed by atoms with Crippen LogP contribution in [-0.4, -0.2) is 11.0 Å². The van der Waals surface area contributed by atoms with Gasteiger partial charge < -0.3 is 11.0 Å². The number of hydrogen-bond acceptors (Lipinski definition) is 2. The largest absolute Gasteiger partial charge is 0.870 e. The minimum Gasteiger partial charge on any atom is -0.870 e. The Kier molecular flexibility index (Phi) is 36.8. The minimum atomic E-state index is 0. The van der Waals surface area contributed by atoms with E-state index in [1.165, 1.54) is 51.4 Å². The summed E-state index contributed by atoms with van der Waals surface area (Å²) in [6.07, 6.45) is 28.0. The summed E-state index contributed by atoms with van der Waals surface area (Å²) in [6.45, 7) is 0. The Bertz CT molecular complexity index is 82.4. The zero-order chi connectivity index (χ0) is 11.3. The standard InChI is InChI=1S/2C8H12.2Ir.2H2O/c2*1-2-4-6-8-7-5-3-1;;;;/h2*1-2,7-8H,3-6H2;;;2*1H2/p-2. The van der Waals surface area contributed by atoms with Crippen LogP contribution in [0.15, 0.2) is 0 Å². The minimum absolute atomic E-state index is 0. The van der Waals surface area contributed by atoms with Crippen molar-refractivity contribution >= 4 is 0 Å². The first-order valence-corrected chi connectivity index (χ1v) is 6.60. The molecule has 0 aromatic heterocycles. The molecule has 0 aromatic rings. The van der Waals surface area contributed by atoms with Gasteiger partial charge in [-0.15, -0.1) is 0 Å². The van der Waals surface area contributed by atoms with Crippen molar-refractivity contribution in [3.63, 3.8) is 0 Å². The molecule has 2 saturated carbocycles. The van der Waals surface area contributed by atoms with Crippen LogP contribution in [0.4, 0.5) is 0 Å². The molecule has 2 N–H and O–H groups in total. The molecule has 122 valence electrons. The van der Waals surface area contributed by atoms with Crippen molar-refractivity contribution in [1.82, 2.24) is 0 Å². The molecule has 0 saturated heterocycles. The predicted molar refractivity (Wildman–Crippen MR) is 75.2 cm³/mol. The van der Waals surface area contributed by atoms with Gasteiger partial charge in [0, 0.05) is 40.2 Å². The van der Waals surface area contributed by atoms with E-state index in [1.807, 2.05) is 0 Å². The number of hydrogen-bond donors (Lipinski definition) is 0. The topological polar surface area (TPSA) is 60.0 Å². The number of rotatable bonds is 0. The Hall–Kier alpha value is 1.22. The smallest absolute Gasteiger partial charge is 0 e. The second-order valence-electron chi connectivity index (χ2n) is 4.20. The molecule has 2 aliphatic rings. The summed E-state index contributed by atoms with van der Waals surface area (Å²) >= 11 is 0. The first-order chi connectivity index (χ1) is 8.00. The van der Waals surface area contributed by atoms with Gasteiger partial charge in [-0.05, 0) is 103 Å². The molecule has 0 aromatic carbocycles. The van der Waals surface area contributed by atoms with Gasteiger partial charge in [-0.1, -0.05) is 0 Å². The van der Waals surface area contributed by atoms with Gasteiger partial charge in [0.05, 0.1) is 0 Å². The molecule has 2 fully saturated rings. The first-order valence-electron chi connectivity index (χ1n) is 6.60. The van der Waals surface area contributed by atoms with E-state index in [9.17, 15) is 0 Å². The van der Waals surface area contributed by atoms with Crippen LogP contribution in [0.3, 0.4) is 0 Å². The fraction of sp³-hybridized carbons (Fsp3) is 0.500. The van der Waals surface area contributed by atoms with E-state index in [0.29, 0.717) is 0 Å². The Morgan fingerprint density at radius 2 is 0.400 bits per heavy atom. The fourth-order valence-electron chi connectivity index (χ4n) is 1.71. The van der Waals surface area contributed by atoms with Crippen LogP contribution in [0.25, 0.3) is 0 Å². The molecule has 0 bridgehead atoms. The molecule has 0 heterocycles. The van der Waals surface area contributed by atoms with Gasteiger partial charge in [-0.3, -0.25) is 0 Å². The van der Waals surface area contributed by atoms with Gasteiger partial charge in [0.1, 0.15) is 0 Å². The van der Waals surface area contributed by atoms with Gasteiger partial charge >= 0.3 is 0 Å². The van der Waals surface area contributed by atoms with Crippen molar-refractivity contribution < 1.29 is 51.2 Å². The molecule has 10 radical (unpaired) electrons. The van der Waals surface area contributed by atoms with E-state index in [1.54, 1.807) is 0 Å². The van der Waals surface area contributed by atoms with Crippen LogP contribution in [-0.2, 0) is 40.2 Å². The van der Waals surface area contributed by atoms with E-state index in [0.717, 1.165) is 0 Å².